The predicted octanol–water partition coefficient (Wildman–Crippen LogP) is 8.28. The second-order valence-corrected chi connectivity index (χ2v) is 11.3. The van der Waals surface area contributed by atoms with Gasteiger partial charge < -0.3 is 0 Å². The lowest BCUT2D eigenvalue weighted by atomic mass is 9.50. The second kappa shape index (κ2) is 7.33. The van der Waals surface area contributed by atoms with Gasteiger partial charge in [-0.15, -0.1) is 0 Å². The topological polar surface area (TPSA) is 0 Å². The molecule has 4 rings (SSSR count). The highest BCUT2D eigenvalue weighted by molar-refractivity contribution is 5.38. The van der Waals surface area contributed by atoms with Crippen molar-refractivity contribution in [3.05, 3.63) is 47.6 Å². The zero-order valence-corrected chi connectivity index (χ0v) is 19.1. The first-order valence-corrected chi connectivity index (χ1v) is 12.1. The van der Waals surface area contributed by atoms with Crippen LogP contribution >= 0.6 is 0 Å². The smallest absolute Gasteiger partial charge is 0.00476 e. The third kappa shape index (κ3) is 3.10. The first kappa shape index (κ1) is 20.2. The quantitative estimate of drug-likeness (QED) is 0.432. The van der Waals surface area contributed by atoms with Crippen molar-refractivity contribution in [1.29, 1.82) is 0 Å². The summed E-state index contributed by atoms with van der Waals surface area (Å²) in [5.74, 6) is 3.67. The standard InChI is InChI=1S/C28H42/c1-19(2)20(3)10-11-21(4)24-14-15-25-23-13-12-22-9-7-8-17-27(22,5)26(23)16-18-28(24,25)6/h10-13,19,21,24-26H,3,7-9,14-18H2,1-2,4-6H3/t21-,24-,25+,26+,27+,28-/m1/s1. The molecule has 0 bridgehead atoms. The molecule has 3 saturated carbocycles. The molecule has 0 aliphatic heterocycles. The monoisotopic (exact) mass is 378 g/mol. The Morgan fingerprint density at radius 1 is 1.04 bits per heavy atom. The summed E-state index contributed by atoms with van der Waals surface area (Å²) in [5.41, 5.74) is 5.85. The van der Waals surface area contributed by atoms with Gasteiger partial charge in [-0.2, -0.15) is 0 Å². The van der Waals surface area contributed by atoms with E-state index in [-0.39, 0.29) is 0 Å². The van der Waals surface area contributed by atoms with Crippen LogP contribution in [0.2, 0.25) is 0 Å². The van der Waals surface area contributed by atoms with Crippen molar-refractivity contribution in [3.63, 3.8) is 0 Å². The average molecular weight is 379 g/mol. The molecule has 0 aromatic carbocycles. The highest BCUT2D eigenvalue weighted by Gasteiger charge is 2.56. The maximum atomic E-state index is 4.25. The van der Waals surface area contributed by atoms with Gasteiger partial charge in [0.05, 0.1) is 0 Å². The maximum Gasteiger partial charge on any atom is -0.00476 e. The first-order valence-electron chi connectivity index (χ1n) is 12.1. The fourth-order valence-corrected chi connectivity index (χ4v) is 7.54. The van der Waals surface area contributed by atoms with Crippen molar-refractivity contribution in [2.75, 3.05) is 0 Å². The molecule has 0 unspecified atom stereocenters. The Morgan fingerprint density at radius 3 is 2.57 bits per heavy atom. The average Bonchev–Trinajstić information content (AvgIpc) is 3.02. The maximum absolute atomic E-state index is 4.25. The summed E-state index contributed by atoms with van der Waals surface area (Å²) in [6, 6.07) is 0. The number of hydrogen-bond donors (Lipinski definition) is 0. The molecule has 154 valence electrons. The van der Waals surface area contributed by atoms with Crippen LogP contribution in [0, 0.1) is 40.4 Å². The molecular weight excluding hydrogens is 336 g/mol. The van der Waals surface area contributed by atoms with Crippen LogP contribution in [0.15, 0.2) is 47.6 Å². The van der Waals surface area contributed by atoms with Gasteiger partial charge in [0, 0.05) is 0 Å². The molecule has 0 spiro atoms. The molecule has 3 fully saturated rings. The van der Waals surface area contributed by atoms with Crippen LogP contribution in [0.3, 0.4) is 0 Å². The molecule has 0 aromatic rings. The number of fused-ring (bicyclic) bond motifs is 5. The molecule has 0 radical (unpaired) electrons. The molecule has 4 aliphatic carbocycles. The van der Waals surface area contributed by atoms with E-state index in [1.165, 1.54) is 56.9 Å². The van der Waals surface area contributed by atoms with Crippen LogP contribution in [0.4, 0.5) is 0 Å². The van der Waals surface area contributed by atoms with Gasteiger partial charge in [0.1, 0.15) is 0 Å². The van der Waals surface area contributed by atoms with E-state index in [4.69, 9.17) is 0 Å². The van der Waals surface area contributed by atoms with Crippen molar-refractivity contribution in [3.8, 4) is 0 Å². The number of rotatable bonds is 4. The lowest BCUT2D eigenvalue weighted by Crippen LogP contribution is -2.45. The molecule has 0 saturated heterocycles. The molecule has 0 heteroatoms. The van der Waals surface area contributed by atoms with Crippen molar-refractivity contribution < 1.29 is 0 Å². The zero-order valence-electron chi connectivity index (χ0n) is 19.1. The number of hydrogen-bond acceptors (Lipinski definition) is 0. The van der Waals surface area contributed by atoms with Crippen LogP contribution in [-0.4, -0.2) is 0 Å². The molecule has 0 heterocycles. The number of allylic oxidation sites excluding steroid dienone is 7. The summed E-state index contributed by atoms with van der Waals surface area (Å²) in [7, 11) is 0. The third-order valence-electron chi connectivity index (χ3n) is 9.55. The predicted molar refractivity (Wildman–Crippen MR) is 122 cm³/mol. The van der Waals surface area contributed by atoms with Crippen molar-refractivity contribution >= 4 is 0 Å². The van der Waals surface area contributed by atoms with Crippen LogP contribution in [0.5, 0.6) is 0 Å². The van der Waals surface area contributed by atoms with Crippen LogP contribution in [-0.2, 0) is 0 Å². The van der Waals surface area contributed by atoms with Gasteiger partial charge in [-0.1, -0.05) is 88.6 Å². The molecule has 0 N–H and O–H groups in total. The SMILES string of the molecule is C=C(C=C[C@@H](C)[C@H]1CC[C@H]2C3=CC=C4CCCC[C@]4(C)[C@H]3CC[C@]12C)C(C)C. The van der Waals surface area contributed by atoms with E-state index in [0.717, 1.165) is 17.8 Å². The summed E-state index contributed by atoms with van der Waals surface area (Å²) >= 11 is 0. The van der Waals surface area contributed by atoms with E-state index in [9.17, 15) is 0 Å². The molecular formula is C28H42. The van der Waals surface area contributed by atoms with Gasteiger partial charge in [0.2, 0.25) is 0 Å². The summed E-state index contributed by atoms with van der Waals surface area (Å²) in [6.07, 6.45) is 21.2. The lowest BCUT2D eigenvalue weighted by molar-refractivity contribution is 0.0576. The minimum atomic E-state index is 0.474. The molecule has 6 atom stereocenters. The Hall–Kier alpha value is -1.04. The second-order valence-electron chi connectivity index (χ2n) is 11.3. The Balaban J connectivity index is 1.57. The van der Waals surface area contributed by atoms with E-state index >= 15 is 0 Å². The van der Waals surface area contributed by atoms with Crippen molar-refractivity contribution in [1.82, 2.24) is 0 Å². The molecule has 4 aliphatic rings. The highest BCUT2D eigenvalue weighted by atomic mass is 14.6. The fourth-order valence-electron chi connectivity index (χ4n) is 7.54. The van der Waals surface area contributed by atoms with Gasteiger partial charge in [-0.05, 0) is 85.4 Å². The Kier molecular flexibility index (Phi) is 5.30. The van der Waals surface area contributed by atoms with E-state index in [1.54, 1.807) is 5.57 Å². The fraction of sp³-hybridized carbons (Fsp3) is 0.714. The summed E-state index contributed by atoms with van der Waals surface area (Å²) in [6.45, 7) is 16.4. The van der Waals surface area contributed by atoms with E-state index in [2.05, 4.69) is 65.5 Å². The van der Waals surface area contributed by atoms with Crippen LogP contribution < -0.4 is 0 Å². The van der Waals surface area contributed by atoms with Crippen molar-refractivity contribution in [2.24, 2.45) is 40.4 Å². The summed E-state index contributed by atoms with van der Waals surface area (Å²) in [5, 5.41) is 0. The van der Waals surface area contributed by atoms with E-state index in [1.807, 2.05) is 5.57 Å². The molecule has 0 nitrogen and oxygen atoms in total. The largest absolute Gasteiger partial charge is 0.0956 e. The highest BCUT2D eigenvalue weighted by Crippen LogP contribution is 2.65. The molecule has 28 heavy (non-hydrogen) atoms. The molecule has 0 amide bonds. The minimum Gasteiger partial charge on any atom is -0.0956 e. The lowest BCUT2D eigenvalue weighted by Gasteiger charge is -2.54. The van der Waals surface area contributed by atoms with Gasteiger partial charge in [-0.25, -0.2) is 0 Å². The van der Waals surface area contributed by atoms with Gasteiger partial charge in [-0.3, -0.25) is 0 Å². The van der Waals surface area contributed by atoms with Crippen LogP contribution in [0.25, 0.3) is 0 Å². The van der Waals surface area contributed by atoms with Gasteiger partial charge in [0.15, 0.2) is 0 Å². The van der Waals surface area contributed by atoms with Gasteiger partial charge in [0.25, 0.3) is 0 Å². The summed E-state index contributed by atoms with van der Waals surface area (Å²) < 4.78 is 0. The Labute approximate surface area is 174 Å². The Morgan fingerprint density at radius 2 is 1.82 bits per heavy atom. The minimum absolute atomic E-state index is 0.474. The van der Waals surface area contributed by atoms with E-state index < -0.39 is 0 Å². The zero-order chi connectivity index (χ0) is 20.1. The summed E-state index contributed by atoms with van der Waals surface area (Å²) in [4.78, 5) is 0. The van der Waals surface area contributed by atoms with Gasteiger partial charge >= 0.3 is 0 Å². The normalized spacial score (nSPS) is 41.1. The van der Waals surface area contributed by atoms with Crippen molar-refractivity contribution in [2.45, 2.75) is 86.0 Å². The van der Waals surface area contributed by atoms with E-state index in [0.29, 0.717) is 22.7 Å². The first-order chi connectivity index (χ1) is 13.3. The third-order valence-corrected chi connectivity index (χ3v) is 9.55. The Bertz CT molecular complexity index is 716. The molecule has 0 aromatic heterocycles. The van der Waals surface area contributed by atoms with Crippen LogP contribution in [0.1, 0.15) is 86.0 Å².